The van der Waals surface area contributed by atoms with Gasteiger partial charge >= 0.3 is 0 Å². The minimum atomic E-state index is 0.278. The van der Waals surface area contributed by atoms with Crippen molar-refractivity contribution in [3.8, 4) is 10.6 Å². The summed E-state index contributed by atoms with van der Waals surface area (Å²) in [5.41, 5.74) is 9.64. The topological polar surface area (TPSA) is 77.2 Å². The number of nitrogen functional groups attached to an aromatic ring is 1. The molecule has 3 aromatic rings. The van der Waals surface area contributed by atoms with E-state index in [1.54, 1.807) is 11.3 Å². The summed E-state index contributed by atoms with van der Waals surface area (Å²) in [5.74, 6) is 1.08. The van der Waals surface area contributed by atoms with Gasteiger partial charge in [-0.3, -0.25) is 0 Å². The van der Waals surface area contributed by atoms with Gasteiger partial charge in [0.15, 0.2) is 5.82 Å². The lowest BCUT2D eigenvalue weighted by molar-refractivity contribution is 0.122. The Morgan fingerprint density at radius 3 is 2.74 bits per heavy atom. The molecule has 0 spiro atoms. The van der Waals surface area contributed by atoms with E-state index in [4.69, 9.17) is 15.5 Å². The van der Waals surface area contributed by atoms with E-state index in [2.05, 4.69) is 33.2 Å². The van der Waals surface area contributed by atoms with E-state index in [-0.39, 0.29) is 5.95 Å². The van der Waals surface area contributed by atoms with E-state index in [1.165, 1.54) is 5.56 Å². The Morgan fingerprint density at radius 2 is 2.00 bits per heavy atom. The first-order valence-corrected chi connectivity index (χ1v) is 8.41. The molecule has 1 fully saturated rings. The highest BCUT2D eigenvalue weighted by molar-refractivity contribution is 7.13. The lowest BCUT2D eigenvalue weighted by Gasteiger charge is -2.28. The standard InChI is InChI=1S/C16H17N5OS/c1-10-8-13(23-9-10)11-2-3-12-14(18-11)15(20-16(17)19-12)21-4-6-22-7-5-21/h2-3,8-9H,4-7H2,1H3,(H2,17,19,20). The molecule has 0 amide bonds. The maximum Gasteiger partial charge on any atom is 0.222 e. The molecule has 3 aromatic heterocycles. The molecule has 6 nitrogen and oxygen atoms in total. The number of hydrogen-bond acceptors (Lipinski definition) is 7. The van der Waals surface area contributed by atoms with Crippen LogP contribution in [0.1, 0.15) is 5.56 Å². The second-order valence-electron chi connectivity index (χ2n) is 5.56. The van der Waals surface area contributed by atoms with Gasteiger partial charge in [0.2, 0.25) is 5.95 Å². The Balaban J connectivity index is 1.86. The summed E-state index contributed by atoms with van der Waals surface area (Å²) in [6.07, 6.45) is 0. The van der Waals surface area contributed by atoms with Gasteiger partial charge in [-0.2, -0.15) is 4.98 Å². The Bertz CT molecular complexity index is 857. The fraction of sp³-hybridized carbons (Fsp3) is 0.312. The number of fused-ring (bicyclic) bond motifs is 1. The zero-order valence-electron chi connectivity index (χ0n) is 12.8. The number of aromatic nitrogens is 3. The predicted octanol–water partition coefficient (Wildman–Crippen LogP) is 2.48. The Kier molecular flexibility index (Phi) is 3.59. The molecule has 1 aliphatic heterocycles. The molecule has 0 aromatic carbocycles. The van der Waals surface area contributed by atoms with E-state index in [9.17, 15) is 0 Å². The molecule has 0 saturated carbocycles. The van der Waals surface area contributed by atoms with Gasteiger partial charge < -0.3 is 15.4 Å². The van der Waals surface area contributed by atoms with Crippen LogP contribution in [0.5, 0.6) is 0 Å². The second kappa shape index (κ2) is 5.75. The summed E-state index contributed by atoms with van der Waals surface area (Å²) in [4.78, 5) is 16.9. The summed E-state index contributed by atoms with van der Waals surface area (Å²) in [7, 11) is 0. The quantitative estimate of drug-likeness (QED) is 0.779. The maximum absolute atomic E-state index is 5.88. The van der Waals surface area contributed by atoms with Gasteiger partial charge in [-0.1, -0.05) is 0 Å². The minimum Gasteiger partial charge on any atom is -0.378 e. The van der Waals surface area contributed by atoms with Crippen molar-refractivity contribution in [2.75, 3.05) is 36.9 Å². The van der Waals surface area contributed by atoms with Gasteiger partial charge in [0.1, 0.15) is 5.52 Å². The number of thiophene rings is 1. The van der Waals surface area contributed by atoms with Gasteiger partial charge in [-0.25, -0.2) is 9.97 Å². The molecule has 7 heteroatoms. The smallest absolute Gasteiger partial charge is 0.222 e. The number of anilines is 2. The van der Waals surface area contributed by atoms with Crippen LogP contribution < -0.4 is 10.6 Å². The zero-order valence-corrected chi connectivity index (χ0v) is 13.6. The number of nitrogens with zero attached hydrogens (tertiary/aromatic N) is 4. The molecule has 4 rings (SSSR count). The first-order valence-electron chi connectivity index (χ1n) is 7.53. The number of pyridine rings is 1. The van der Waals surface area contributed by atoms with Crippen molar-refractivity contribution >= 4 is 34.1 Å². The minimum absolute atomic E-state index is 0.278. The average Bonchev–Trinajstić information content (AvgIpc) is 3.01. The summed E-state index contributed by atoms with van der Waals surface area (Å²) in [6, 6.07) is 6.10. The van der Waals surface area contributed by atoms with Crippen LogP contribution in [-0.2, 0) is 4.74 Å². The summed E-state index contributed by atoms with van der Waals surface area (Å²) in [6.45, 7) is 5.04. The van der Waals surface area contributed by atoms with Gasteiger partial charge in [0.05, 0.1) is 29.3 Å². The third-order valence-electron chi connectivity index (χ3n) is 3.83. The molecule has 1 aliphatic rings. The van der Waals surface area contributed by atoms with Gasteiger partial charge in [0, 0.05) is 13.1 Å². The third-order valence-corrected chi connectivity index (χ3v) is 4.91. The summed E-state index contributed by atoms with van der Waals surface area (Å²) < 4.78 is 5.42. The number of hydrogen-bond donors (Lipinski definition) is 1. The highest BCUT2D eigenvalue weighted by Crippen LogP contribution is 2.30. The summed E-state index contributed by atoms with van der Waals surface area (Å²) in [5, 5.41) is 2.13. The first kappa shape index (κ1) is 14.3. The maximum atomic E-state index is 5.88. The number of ether oxygens (including phenoxy) is 1. The first-order chi connectivity index (χ1) is 11.2. The van der Waals surface area contributed by atoms with Crippen molar-refractivity contribution in [3.63, 3.8) is 0 Å². The van der Waals surface area contributed by atoms with E-state index in [0.717, 1.165) is 40.5 Å². The van der Waals surface area contributed by atoms with Crippen molar-refractivity contribution in [1.29, 1.82) is 0 Å². The monoisotopic (exact) mass is 327 g/mol. The lowest BCUT2D eigenvalue weighted by Crippen LogP contribution is -2.37. The van der Waals surface area contributed by atoms with Crippen molar-refractivity contribution in [2.24, 2.45) is 0 Å². The number of nitrogens with two attached hydrogens (primary N) is 1. The molecule has 0 atom stereocenters. The molecule has 0 radical (unpaired) electrons. The predicted molar refractivity (Wildman–Crippen MR) is 92.8 cm³/mol. The molecule has 0 unspecified atom stereocenters. The lowest BCUT2D eigenvalue weighted by atomic mass is 10.2. The molecule has 2 N–H and O–H groups in total. The average molecular weight is 327 g/mol. The fourth-order valence-corrected chi connectivity index (χ4v) is 3.58. The molecule has 1 saturated heterocycles. The molecule has 23 heavy (non-hydrogen) atoms. The van der Waals surface area contributed by atoms with Crippen LogP contribution in [-0.4, -0.2) is 41.3 Å². The van der Waals surface area contributed by atoms with Crippen LogP contribution in [0, 0.1) is 6.92 Å². The summed E-state index contributed by atoms with van der Waals surface area (Å²) >= 11 is 1.69. The highest BCUT2D eigenvalue weighted by Gasteiger charge is 2.18. The van der Waals surface area contributed by atoms with Crippen LogP contribution in [0.25, 0.3) is 21.6 Å². The molecular formula is C16H17N5OS. The molecule has 0 aliphatic carbocycles. The molecule has 4 heterocycles. The van der Waals surface area contributed by atoms with Crippen molar-refractivity contribution in [1.82, 2.24) is 15.0 Å². The normalized spacial score (nSPS) is 15.3. The van der Waals surface area contributed by atoms with Crippen LogP contribution in [0.2, 0.25) is 0 Å². The number of rotatable bonds is 2. The number of aryl methyl sites for hydroxylation is 1. The van der Waals surface area contributed by atoms with E-state index < -0.39 is 0 Å². The highest BCUT2D eigenvalue weighted by atomic mass is 32.1. The van der Waals surface area contributed by atoms with E-state index >= 15 is 0 Å². The SMILES string of the molecule is Cc1csc(-c2ccc3nc(N)nc(N4CCOCC4)c3n2)c1. The van der Waals surface area contributed by atoms with Crippen LogP contribution in [0.3, 0.4) is 0 Å². The fourth-order valence-electron chi connectivity index (χ4n) is 2.71. The van der Waals surface area contributed by atoms with Crippen LogP contribution in [0.4, 0.5) is 11.8 Å². The van der Waals surface area contributed by atoms with Gasteiger partial charge in [0.25, 0.3) is 0 Å². The van der Waals surface area contributed by atoms with Crippen LogP contribution >= 0.6 is 11.3 Å². The third kappa shape index (κ3) is 2.73. The van der Waals surface area contributed by atoms with Gasteiger partial charge in [-0.05, 0) is 36.1 Å². The largest absolute Gasteiger partial charge is 0.378 e. The van der Waals surface area contributed by atoms with Crippen molar-refractivity contribution < 1.29 is 4.74 Å². The van der Waals surface area contributed by atoms with E-state index in [1.807, 2.05) is 12.1 Å². The van der Waals surface area contributed by atoms with Crippen LogP contribution in [0.15, 0.2) is 23.6 Å². The van der Waals surface area contributed by atoms with Gasteiger partial charge in [-0.15, -0.1) is 11.3 Å². The molecule has 0 bridgehead atoms. The van der Waals surface area contributed by atoms with E-state index in [0.29, 0.717) is 13.2 Å². The number of morpholine rings is 1. The zero-order chi connectivity index (χ0) is 15.8. The Labute approximate surface area is 138 Å². The molecule has 118 valence electrons. The second-order valence-corrected chi connectivity index (χ2v) is 6.47. The van der Waals surface area contributed by atoms with Crippen molar-refractivity contribution in [2.45, 2.75) is 6.92 Å². The van der Waals surface area contributed by atoms with Crippen molar-refractivity contribution in [3.05, 3.63) is 29.1 Å². The Morgan fingerprint density at radius 1 is 1.17 bits per heavy atom. The molecular weight excluding hydrogens is 310 g/mol. The Hall–Kier alpha value is -2.25.